The van der Waals surface area contributed by atoms with Crippen LogP contribution in [0.15, 0.2) is 75.3 Å². The van der Waals surface area contributed by atoms with Crippen LogP contribution in [-0.4, -0.2) is 23.2 Å². The second kappa shape index (κ2) is 11.0. The molecule has 2 aromatic carbocycles. The number of furan rings is 1. The molecule has 0 aliphatic heterocycles. The molecule has 0 atom stereocenters. The molecule has 0 aliphatic rings. The fourth-order valence-electron chi connectivity index (χ4n) is 3.12. The maximum absolute atomic E-state index is 12.4. The Labute approximate surface area is 193 Å². The molecule has 1 heterocycles. The SMILES string of the molecule is CC/C(=N\NC(=O)c1ccc(C(=O)N/N=C(\CC)c2ccc(C)cc2)o1)c1ccc(C)cc1. The smallest absolute Gasteiger partial charge is 0.307 e. The molecule has 7 nitrogen and oxygen atoms in total. The standard InChI is InChI=1S/C26H28N4O3/c1-5-21(19-11-7-17(3)8-12-19)27-29-25(31)23-15-16-24(33-23)26(32)30-28-22(6-2)20-13-9-18(4)10-14-20/h7-16H,5-6H2,1-4H3,(H,29,31)(H,30,32)/b27-21+,28-22+. The number of nitrogens with one attached hydrogen (secondary N) is 2. The van der Waals surface area contributed by atoms with Crippen LogP contribution >= 0.6 is 0 Å². The van der Waals surface area contributed by atoms with Crippen LogP contribution in [0.3, 0.4) is 0 Å². The Hall–Kier alpha value is -4.00. The van der Waals surface area contributed by atoms with Crippen LogP contribution in [0.5, 0.6) is 0 Å². The van der Waals surface area contributed by atoms with Gasteiger partial charge in [-0.2, -0.15) is 10.2 Å². The molecular weight excluding hydrogens is 416 g/mol. The quantitative estimate of drug-likeness (QED) is 0.379. The van der Waals surface area contributed by atoms with Gasteiger partial charge in [-0.1, -0.05) is 73.5 Å². The van der Waals surface area contributed by atoms with Crippen LogP contribution in [0.2, 0.25) is 0 Å². The molecule has 2 N–H and O–H groups in total. The molecule has 2 amide bonds. The molecule has 0 spiro atoms. The van der Waals surface area contributed by atoms with Gasteiger partial charge in [-0.15, -0.1) is 0 Å². The van der Waals surface area contributed by atoms with Crippen LogP contribution in [0, 0.1) is 13.8 Å². The zero-order valence-electron chi connectivity index (χ0n) is 19.3. The predicted octanol–water partition coefficient (Wildman–Crippen LogP) is 4.98. The van der Waals surface area contributed by atoms with E-state index >= 15 is 0 Å². The summed E-state index contributed by atoms with van der Waals surface area (Å²) in [6.45, 7) is 7.94. The Balaban J connectivity index is 1.65. The minimum absolute atomic E-state index is 0.0125. The average molecular weight is 445 g/mol. The molecule has 0 unspecified atom stereocenters. The normalized spacial score (nSPS) is 11.9. The van der Waals surface area contributed by atoms with Crippen LogP contribution < -0.4 is 10.9 Å². The zero-order chi connectivity index (χ0) is 23.8. The number of hydrogen-bond acceptors (Lipinski definition) is 5. The van der Waals surface area contributed by atoms with Crippen molar-refractivity contribution in [1.82, 2.24) is 10.9 Å². The lowest BCUT2D eigenvalue weighted by atomic mass is 10.1. The predicted molar refractivity (Wildman–Crippen MR) is 130 cm³/mol. The number of carbonyl (C=O) groups is 2. The van der Waals surface area contributed by atoms with Crippen LogP contribution in [0.1, 0.15) is 70.1 Å². The summed E-state index contributed by atoms with van der Waals surface area (Å²) in [5.41, 5.74) is 10.6. The number of amides is 2. The lowest BCUT2D eigenvalue weighted by molar-refractivity contribution is 0.0902. The molecule has 0 saturated carbocycles. The van der Waals surface area contributed by atoms with E-state index in [9.17, 15) is 9.59 Å². The van der Waals surface area contributed by atoms with Gasteiger partial charge in [-0.05, 0) is 49.9 Å². The van der Waals surface area contributed by atoms with Crippen LogP contribution in [-0.2, 0) is 0 Å². The van der Waals surface area contributed by atoms with Gasteiger partial charge in [-0.3, -0.25) is 9.59 Å². The van der Waals surface area contributed by atoms with Crippen molar-refractivity contribution in [2.45, 2.75) is 40.5 Å². The van der Waals surface area contributed by atoms with Gasteiger partial charge in [0.2, 0.25) is 0 Å². The monoisotopic (exact) mass is 444 g/mol. The van der Waals surface area contributed by atoms with E-state index in [0.29, 0.717) is 12.8 Å². The van der Waals surface area contributed by atoms with E-state index in [0.717, 1.165) is 33.7 Å². The third kappa shape index (κ3) is 6.26. The molecule has 170 valence electrons. The summed E-state index contributed by atoms with van der Waals surface area (Å²) in [4.78, 5) is 24.9. The Morgan fingerprint density at radius 3 is 1.36 bits per heavy atom. The van der Waals surface area contributed by atoms with Crippen molar-refractivity contribution in [2.75, 3.05) is 0 Å². The van der Waals surface area contributed by atoms with Gasteiger partial charge in [-0.25, -0.2) is 10.9 Å². The Morgan fingerprint density at radius 1 is 0.667 bits per heavy atom. The maximum atomic E-state index is 12.4. The van der Waals surface area contributed by atoms with Gasteiger partial charge in [0.15, 0.2) is 11.5 Å². The van der Waals surface area contributed by atoms with E-state index in [1.165, 1.54) is 12.1 Å². The van der Waals surface area contributed by atoms with E-state index in [1.807, 2.05) is 76.2 Å². The molecule has 33 heavy (non-hydrogen) atoms. The van der Waals surface area contributed by atoms with Gasteiger partial charge in [0.1, 0.15) is 0 Å². The number of aryl methyl sites for hydroxylation is 2. The molecule has 0 saturated heterocycles. The number of hydrazone groups is 2. The van der Waals surface area contributed by atoms with Gasteiger partial charge < -0.3 is 4.42 Å². The van der Waals surface area contributed by atoms with E-state index < -0.39 is 11.8 Å². The Kier molecular flexibility index (Phi) is 7.91. The lowest BCUT2D eigenvalue weighted by Gasteiger charge is -2.05. The minimum Gasteiger partial charge on any atom is -0.446 e. The van der Waals surface area contributed by atoms with Gasteiger partial charge in [0, 0.05) is 0 Å². The highest BCUT2D eigenvalue weighted by molar-refractivity contribution is 6.03. The largest absolute Gasteiger partial charge is 0.446 e. The second-order valence-corrected chi connectivity index (χ2v) is 7.60. The summed E-state index contributed by atoms with van der Waals surface area (Å²) >= 11 is 0. The van der Waals surface area contributed by atoms with Gasteiger partial charge in [0.05, 0.1) is 11.4 Å². The van der Waals surface area contributed by atoms with E-state index in [-0.39, 0.29) is 11.5 Å². The van der Waals surface area contributed by atoms with Crippen molar-refractivity contribution in [3.05, 3.63) is 94.4 Å². The van der Waals surface area contributed by atoms with Crippen molar-refractivity contribution in [3.8, 4) is 0 Å². The fourth-order valence-corrected chi connectivity index (χ4v) is 3.12. The summed E-state index contributed by atoms with van der Waals surface area (Å²) in [5.74, 6) is -1.10. The van der Waals surface area contributed by atoms with Gasteiger partial charge >= 0.3 is 11.8 Å². The first-order chi connectivity index (χ1) is 15.9. The lowest BCUT2D eigenvalue weighted by Crippen LogP contribution is -2.20. The topological polar surface area (TPSA) is 96.1 Å². The van der Waals surface area contributed by atoms with E-state index in [1.54, 1.807) is 0 Å². The van der Waals surface area contributed by atoms with Crippen molar-refractivity contribution >= 4 is 23.2 Å². The molecule has 1 aromatic heterocycles. The molecule has 0 aliphatic carbocycles. The molecule has 7 heteroatoms. The van der Waals surface area contributed by atoms with Gasteiger partial charge in [0.25, 0.3) is 0 Å². The fraction of sp³-hybridized carbons (Fsp3) is 0.231. The minimum atomic E-state index is -0.537. The summed E-state index contributed by atoms with van der Waals surface area (Å²) in [6.07, 6.45) is 1.29. The average Bonchev–Trinajstić information content (AvgIpc) is 3.32. The Morgan fingerprint density at radius 2 is 1.03 bits per heavy atom. The Bertz CT molecular complexity index is 1080. The summed E-state index contributed by atoms with van der Waals surface area (Å²) in [5, 5.41) is 8.44. The van der Waals surface area contributed by atoms with E-state index in [2.05, 4.69) is 21.1 Å². The molecule has 0 radical (unpaired) electrons. The summed E-state index contributed by atoms with van der Waals surface area (Å²) in [6, 6.07) is 18.7. The second-order valence-electron chi connectivity index (χ2n) is 7.60. The summed E-state index contributed by atoms with van der Waals surface area (Å²) < 4.78 is 5.42. The van der Waals surface area contributed by atoms with Crippen molar-refractivity contribution in [2.24, 2.45) is 10.2 Å². The molecule has 0 fully saturated rings. The maximum Gasteiger partial charge on any atom is 0.307 e. The van der Waals surface area contributed by atoms with Crippen molar-refractivity contribution in [1.29, 1.82) is 0 Å². The highest BCUT2D eigenvalue weighted by atomic mass is 16.4. The van der Waals surface area contributed by atoms with E-state index in [4.69, 9.17) is 4.42 Å². The highest BCUT2D eigenvalue weighted by Gasteiger charge is 2.16. The van der Waals surface area contributed by atoms with Crippen molar-refractivity contribution in [3.63, 3.8) is 0 Å². The third-order valence-electron chi connectivity index (χ3n) is 5.08. The zero-order valence-corrected chi connectivity index (χ0v) is 19.3. The number of hydrogen-bond donors (Lipinski definition) is 2. The van der Waals surface area contributed by atoms with Crippen LogP contribution in [0.25, 0.3) is 0 Å². The van der Waals surface area contributed by atoms with Crippen molar-refractivity contribution < 1.29 is 14.0 Å². The highest BCUT2D eigenvalue weighted by Crippen LogP contribution is 2.11. The number of carbonyl (C=O) groups excluding carboxylic acids is 2. The number of nitrogens with zero attached hydrogens (tertiary/aromatic N) is 2. The first-order valence-corrected chi connectivity index (χ1v) is 10.9. The molecular formula is C26H28N4O3. The molecule has 0 bridgehead atoms. The first kappa shape index (κ1) is 23.7. The first-order valence-electron chi connectivity index (χ1n) is 10.9. The number of benzene rings is 2. The molecule has 3 rings (SSSR count). The van der Waals surface area contributed by atoms with Crippen LogP contribution in [0.4, 0.5) is 0 Å². The number of rotatable bonds is 8. The summed E-state index contributed by atoms with van der Waals surface area (Å²) in [7, 11) is 0. The molecule has 3 aromatic rings. The third-order valence-corrected chi connectivity index (χ3v) is 5.08.